The first-order valence-corrected chi connectivity index (χ1v) is 22.9. The Labute approximate surface area is 416 Å². The van der Waals surface area contributed by atoms with Gasteiger partial charge in [0.25, 0.3) is 0 Å². The summed E-state index contributed by atoms with van der Waals surface area (Å²) in [4.78, 5) is 149. The number of fused-ring (bicyclic) bond motifs is 1. The number of rotatable bonds is 33. The Kier molecular flexibility index (Phi) is 25.4. The second kappa shape index (κ2) is 30.2. The Balaban J connectivity index is 2.50. The zero-order valence-electron chi connectivity index (χ0n) is 39.1. The Morgan fingerprint density at radius 1 is 0.639 bits per heavy atom. The lowest BCUT2D eigenvalue weighted by molar-refractivity contribution is -0.148. The molecule has 0 bridgehead atoms. The number of hydrogen-bond acceptors (Lipinski definition) is 16. The summed E-state index contributed by atoms with van der Waals surface area (Å²) in [6.45, 7) is 1.25. The molecule has 0 aliphatic rings. The quantitative estimate of drug-likeness (QED) is 0.0137. The minimum Gasteiger partial charge on any atom is -0.481 e. The summed E-state index contributed by atoms with van der Waals surface area (Å²) in [5.41, 5.74) is 28.8. The predicted octanol–water partition coefficient (Wildman–Crippen LogP) is -6.17. The molecule has 0 unspecified atom stereocenters. The summed E-state index contributed by atoms with van der Waals surface area (Å²) >= 11 is 4.07. The number of aliphatic hydroxyl groups is 1. The Morgan fingerprint density at radius 3 is 1.71 bits per heavy atom. The van der Waals surface area contributed by atoms with Gasteiger partial charge < -0.3 is 91.3 Å². The van der Waals surface area contributed by atoms with E-state index in [1.807, 2.05) is 5.32 Å². The van der Waals surface area contributed by atoms with E-state index in [4.69, 9.17) is 38.9 Å². The number of thiol groups is 1. The van der Waals surface area contributed by atoms with Crippen molar-refractivity contribution in [2.75, 3.05) is 18.8 Å². The average Bonchev–Trinajstić information content (AvgIpc) is 3.71. The van der Waals surface area contributed by atoms with Gasteiger partial charge in [0.15, 0.2) is 5.96 Å². The Morgan fingerprint density at radius 2 is 1.15 bits per heavy atom. The van der Waals surface area contributed by atoms with E-state index in [-0.39, 0.29) is 51.2 Å². The van der Waals surface area contributed by atoms with Crippen LogP contribution in [0.15, 0.2) is 35.5 Å². The van der Waals surface area contributed by atoms with E-state index in [9.17, 15) is 63.0 Å². The van der Waals surface area contributed by atoms with Gasteiger partial charge in [-0.2, -0.15) is 12.6 Å². The number of nitrogens with two attached hydrogens (primary N) is 5. The van der Waals surface area contributed by atoms with Crippen LogP contribution < -0.4 is 65.9 Å². The molecule has 398 valence electrons. The highest BCUT2D eigenvalue weighted by atomic mass is 32.1. The Bertz CT molecular complexity index is 2290. The molecule has 0 saturated heterocycles. The van der Waals surface area contributed by atoms with Gasteiger partial charge in [0.05, 0.1) is 31.4 Å². The highest BCUT2D eigenvalue weighted by Crippen LogP contribution is 2.20. The maximum absolute atomic E-state index is 14.3. The molecule has 2 rings (SSSR count). The number of aliphatic imine (C=N–C) groups is 1. The number of hydrogen-bond donors (Lipinski definition) is 18. The van der Waals surface area contributed by atoms with Crippen molar-refractivity contribution in [1.29, 1.82) is 0 Å². The molecule has 0 aliphatic heterocycles. The smallest absolute Gasteiger partial charge is 0.326 e. The van der Waals surface area contributed by atoms with Gasteiger partial charge in [-0.15, -0.1) is 0 Å². The summed E-state index contributed by atoms with van der Waals surface area (Å²) in [6.07, 6.45) is -2.56. The summed E-state index contributed by atoms with van der Waals surface area (Å²) in [5.74, 6) is -14.2. The molecule has 8 amide bonds. The third-order valence-corrected chi connectivity index (χ3v) is 10.9. The van der Waals surface area contributed by atoms with Crippen molar-refractivity contribution in [3.63, 3.8) is 0 Å². The highest BCUT2D eigenvalue weighted by molar-refractivity contribution is 7.80. The number of benzene rings is 1. The van der Waals surface area contributed by atoms with Crippen LogP contribution in [0.1, 0.15) is 63.9 Å². The van der Waals surface area contributed by atoms with Crippen LogP contribution in [0.4, 0.5) is 0 Å². The normalized spacial score (nSPS) is 14.7. The third-order valence-electron chi connectivity index (χ3n) is 10.5. The van der Waals surface area contributed by atoms with Gasteiger partial charge in [-0.25, -0.2) is 4.79 Å². The number of carboxylic acids is 3. The van der Waals surface area contributed by atoms with Gasteiger partial charge >= 0.3 is 17.9 Å². The van der Waals surface area contributed by atoms with Crippen LogP contribution in [-0.4, -0.2) is 170 Å². The van der Waals surface area contributed by atoms with E-state index in [1.54, 1.807) is 30.5 Å². The van der Waals surface area contributed by atoms with Gasteiger partial charge in [0.2, 0.25) is 47.3 Å². The number of unbranched alkanes of at least 4 members (excludes halogenated alkanes) is 1. The fraction of sp³-hybridized carbons (Fsp3) is 0.524. The number of nitrogens with zero attached hydrogens (tertiary/aromatic N) is 1. The molecule has 0 fully saturated rings. The number of para-hydroxylation sites is 1. The maximum atomic E-state index is 14.3. The molecule has 0 radical (unpaired) electrons. The fourth-order valence-electron chi connectivity index (χ4n) is 6.81. The molecule has 0 saturated carbocycles. The molecule has 9 atom stereocenters. The minimum absolute atomic E-state index is 0.0156. The molecule has 72 heavy (non-hydrogen) atoms. The molecule has 1 aromatic heterocycles. The number of amides is 8. The number of H-pyrrole nitrogens is 1. The molecule has 0 aliphatic carbocycles. The van der Waals surface area contributed by atoms with Gasteiger partial charge in [-0.05, 0) is 57.2 Å². The lowest BCUT2D eigenvalue weighted by Gasteiger charge is -2.28. The van der Waals surface area contributed by atoms with Crippen molar-refractivity contribution in [2.45, 2.75) is 119 Å². The summed E-state index contributed by atoms with van der Waals surface area (Å²) in [7, 11) is 0. The van der Waals surface area contributed by atoms with Gasteiger partial charge in [-0.1, -0.05) is 18.2 Å². The average molecular weight is 1040 g/mol. The first-order valence-electron chi connectivity index (χ1n) is 22.3. The van der Waals surface area contributed by atoms with Crippen molar-refractivity contribution in [3.05, 3.63) is 36.0 Å². The number of carbonyl (C=O) groups is 11. The largest absolute Gasteiger partial charge is 0.481 e. The number of aromatic amines is 1. The van der Waals surface area contributed by atoms with Crippen molar-refractivity contribution < 1.29 is 73.2 Å². The van der Waals surface area contributed by atoms with Gasteiger partial charge in [0, 0.05) is 35.8 Å². The number of primary amides is 1. The second-order valence-electron chi connectivity index (χ2n) is 16.4. The van der Waals surface area contributed by atoms with Crippen molar-refractivity contribution in [2.24, 2.45) is 33.7 Å². The van der Waals surface area contributed by atoms with Crippen LogP contribution in [0.2, 0.25) is 0 Å². The monoisotopic (exact) mass is 1040 g/mol. The first kappa shape index (κ1) is 60.6. The summed E-state index contributed by atoms with van der Waals surface area (Å²) in [6, 6.07) is -6.46. The van der Waals surface area contributed by atoms with Crippen molar-refractivity contribution >= 4 is 94.7 Å². The molecular weight excluding hydrogens is 973 g/mol. The fourth-order valence-corrected chi connectivity index (χ4v) is 7.07. The zero-order chi connectivity index (χ0) is 54.2. The van der Waals surface area contributed by atoms with Crippen molar-refractivity contribution in [1.82, 2.24) is 42.2 Å². The standard InChI is InChI=1S/C42H64N14O15S/c1-19(57)33(40(69)54-28(41(70)71)16-32(61)62)56-39(68)29(18-72)55-38(67)27(15-30(45)58)53-37(66)26(13-20-17-49-23-8-3-2-7-21(20)23)52-36(65)24(9-4-5-11-43)51-35(64)25(10-6-12-48-42(46)47)50-34(63)22(44)14-31(59)60/h2-3,7-8,17,19,22,24-29,33,49,57,72H,4-6,9-16,18,43-44H2,1H3,(H2,45,58)(H,50,63)(H,51,64)(H,52,65)(H,53,66)(H,54,69)(H,55,67)(H,56,68)(H,59,60)(H,61,62)(H,70,71)(H4,46,47,48)/t19-,22+,24+,25+,26+,27+,28+,29+,33+/m1/s1. The molecule has 1 aromatic carbocycles. The second-order valence-corrected chi connectivity index (χ2v) is 16.7. The topological polar surface area (TPSA) is 511 Å². The van der Waals surface area contributed by atoms with E-state index < -0.39 is 145 Å². The van der Waals surface area contributed by atoms with Gasteiger partial charge in [-0.3, -0.25) is 52.9 Å². The van der Waals surface area contributed by atoms with E-state index in [0.717, 1.165) is 6.92 Å². The molecule has 22 N–H and O–H groups in total. The van der Waals surface area contributed by atoms with Crippen LogP contribution in [0.25, 0.3) is 10.9 Å². The predicted molar refractivity (Wildman–Crippen MR) is 258 cm³/mol. The van der Waals surface area contributed by atoms with Crippen LogP contribution in [-0.2, 0) is 59.2 Å². The zero-order valence-corrected chi connectivity index (χ0v) is 40.0. The number of nitrogens with one attached hydrogen (secondary N) is 8. The molecule has 1 heterocycles. The minimum atomic E-state index is -1.96. The molecule has 29 nitrogen and oxygen atoms in total. The van der Waals surface area contributed by atoms with Crippen LogP contribution >= 0.6 is 12.6 Å². The lowest BCUT2D eigenvalue weighted by Crippen LogP contribution is -2.62. The third kappa shape index (κ3) is 20.8. The molecule has 2 aromatic rings. The van der Waals surface area contributed by atoms with Crippen LogP contribution in [0.3, 0.4) is 0 Å². The maximum Gasteiger partial charge on any atom is 0.326 e. The van der Waals surface area contributed by atoms with Crippen LogP contribution in [0.5, 0.6) is 0 Å². The summed E-state index contributed by atoms with van der Waals surface area (Å²) in [5, 5.41) is 54.6. The number of aliphatic hydroxyl groups excluding tert-OH is 1. The number of aromatic nitrogens is 1. The Hall–Kier alpha value is -7.57. The van der Waals surface area contributed by atoms with Crippen LogP contribution in [0, 0.1) is 0 Å². The highest BCUT2D eigenvalue weighted by Gasteiger charge is 2.36. The first-order chi connectivity index (χ1) is 33.9. The van der Waals surface area contributed by atoms with E-state index in [2.05, 4.69) is 54.5 Å². The SMILES string of the molecule is C[C@@H](O)[C@H](NC(=O)[C@H](CS)NC(=O)[C@H](CC(N)=O)NC(=O)[C@H](Cc1c[nH]c2ccccc12)NC(=O)[C@H](CCCCN)NC(=O)[C@H](CCCN=C(N)N)NC(=O)[C@@H](N)CC(=O)O)C(=O)N[C@@H](CC(=O)O)C(=O)O. The number of guanidine groups is 1. The summed E-state index contributed by atoms with van der Waals surface area (Å²) < 4.78 is 0. The van der Waals surface area contributed by atoms with E-state index in [1.165, 1.54) is 0 Å². The number of carbonyl (C=O) groups excluding carboxylic acids is 8. The lowest BCUT2D eigenvalue weighted by atomic mass is 10.0. The van der Waals surface area contributed by atoms with E-state index >= 15 is 0 Å². The van der Waals surface area contributed by atoms with Gasteiger partial charge in [0.1, 0.15) is 42.3 Å². The van der Waals surface area contributed by atoms with E-state index in [0.29, 0.717) is 22.9 Å². The number of carboxylic acid groups (broad SMARTS) is 3. The molecule has 0 spiro atoms. The number of aliphatic carboxylic acids is 3. The molecular formula is C42H64N14O15S. The molecule has 30 heteroatoms. The van der Waals surface area contributed by atoms with Crippen molar-refractivity contribution in [3.8, 4) is 0 Å².